The van der Waals surface area contributed by atoms with Crippen LogP contribution in [0.4, 0.5) is 0 Å². The van der Waals surface area contributed by atoms with E-state index in [-0.39, 0.29) is 5.91 Å². The van der Waals surface area contributed by atoms with Crippen molar-refractivity contribution in [1.29, 1.82) is 5.26 Å². The topological polar surface area (TPSA) is 44.1 Å². The van der Waals surface area contributed by atoms with Crippen molar-refractivity contribution in [3.8, 4) is 6.07 Å². The molecule has 0 aliphatic carbocycles. The predicted octanol–water partition coefficient (Wildman–Crippen LogP) is 3.59. The van der Waals surface area contributed by atoms with E-state index in [0.29, 0.717) is 25.1 Å². The molecule has 0 saturated heterocycles. The summed E-state index contributed by atoms with van der Waals surface area (Å²) in [6.45, 7) is 2.98. The van der Waals surface area contributed by atoms with Crippen molar-refractivity contribution < 1.29 is 4.79 Å². The average molecular weight is 360 g/mol. The Morgan fingerprint density at radius 3 is 2.41 bits per heavy atom. The van der Waals surface area contributed by atoms with Gasteiger partial charge < -0.3 is 4.90 Å². The fourth-order valence-corrected chi connectivity index (χ4v) is 2.74. The predicted molar refractivity (Wildman–Crippen MR) is 73.6 cm³/mol. The van der Waals surface area contributed by atoms with Crippen molar-refractivity contribution in [3.05, 3.63) is 32.7 Å². The van der Waals surface area contributed by atoms with Gasteiger partial charge in [-0.3, -0.25) is 4.79 Å². The quantitative estimate of drug-likeness (QED) is 0.824. The van der Waals surface area contributed by atoms with E-state index in [9.17, 15) is 4.79 Å². The van der Waals surface area contributed by atoms with Crippen LogP contribution in [0, 0.1) is 11.3 Å². The Hall–Kier alpha value is -0.860. The van der Waals surface area contributed by atoms with Gasteiger partial charge in [0, 0.05) is 27.6 Å². The zero-order valence-electron chi connectivity index (χ0n) is 9.41. The zero-order chi connectivity index (χ0) is 12.8. The van der Waals surface area contributed by atoms with Crippen molar-refractivity contribution in [3.63, 3.8) is 0 Å². The highest BCUT2D eigenvalue weighted by molar-refractivity contribution is 9.11. The molecule has 1 amide bonds. The number of halogens is 2. The first-order valence-electron chi connectivity index (χ1n) is 5.20. The first kappa shape index (κ1) is 14.2. The number of carbonyl (C=O) groups excluding carboxylic acids is 1. The number of nitrogens with zero attached hydrogens (tertiary/aromatic N) is 2. The van der Waals surface area contributed by atoms with E-state index in [1.807, 2.05) is 19.1 Å². The molecule has 90 valence electrons. The van der Waals surface area contributed by atoms with E-state index >= 15 is 0 Å². The number of benzene rings is 1. The van der Waals surface area contributed by atoms with Crippen LogP contribution < -0.4 is 0 Å². The molecule has 0 saturated carbocycles. The van der Waals surface area contributed by atoms with Crippen molar-refractivity contribution in [2.75, 3.05) is 13.1 Å². The van der Waals surface area contributed by atoms with Gasteiger partial charge in [-0.15, -0.1) is 0 Å². The second-order valence-corrected chi connectivity index (χ2v) is 5.28. The molecular weight excluding hydrogens is 348 g/mol. The highest BCUT2D eigenvalue weighted by atomic mass is 79.9. The Morgan fingerprint density at radius 2 is 1.94 bits per heavy atom. The van der Waals surface area contributed by atoms with Crippen LogP contribution in [0.15, 0.2) is 27.1 Å². The van der Waals surface area contributed by atoms with Gasteiger partial charge in [0.25, 0.3) is 5.91 Å². The molecule has 1 rings (SSSR count). The Balaban J connectivity index is 2.90. The SMILES string of the molecule is CCN(CCC#N)C(=O)c1cc(Br)cc(Br)c1. The molecule has 0 aliphatic rings. The van der Waals surface area contributed by atoms with E-state index in [1.165, 1.54) is 0 Å². The van der Waals surface area contributed by atoms with Gasteiger partial charge >= 0.3 is 0 Å². The van der Waals surface area contributed by atoms with Crippen molar-refractivity contribution in [1.82, 2.24) is 4.90 Å². The number of nitriles is 1. The molecule has 17 heavy (non-hydrogen) atoms. The third-order valence-corrected chi connectivity index (χ3v) is 3.19. The summed E-state index contributed by atoms with van der Waals surface area (Å²) >= 11 is 6.70. The van der Waals surface area contributed by atoms with Crippen molar-refractivity contribution in [2.45, 2.75) is 13.3 Å². The van der Waals surface area contributed by atoms with Crippen LogP contribution in [0.1, 0.15) is 23.7 Å². The van der Waals surface area contributed by atoms with Gasteiger partial charge in [0.1, 0.15) is 0 Å². The van der Waals surface area contributed by atoms with E-state index < -0.39 is 0 Å². The third kappa shape index (κ3) is 4.14. The van der Waals surface area contributed by atoms with Crippen LogP contribution in [0.25, 0.3) is 0 Å². The largest absolute Gasteiger partial charge is 0.338 e. The van der Waals surface area contributed by atoms with Gasteiger partial charge in [0.2, 0.25) is 0 Å². The molecule has 1 aromatic carbocycles. The molecule has 0 unspecified atom stereocenters. The van der Waals surface area contributed by atoms with Crippen molar-refractivity contribution in [2.24, 2.45) is 0 Å². The van der Waals surface area contributed by atoms with Crippen LogP contribution in [0.2, 0.25) is 0 Å². The molecule has 0 radical (unpaired) electrons. The minimum atomic E-state index is -0.0512. The number of hydrogen-bond donors (Lipinski definition) is 0. The van der Waals surface area contributed by atoms with E-state index in [1.54, 1.807) is 17.0 Å². The summed E-state index contributed by atoms with van der Waals surface area (Å²) in [7, 11) is 0. The second-order valence-electron chi connectivity index (χ2n) is 3.45. The summed E-state index contributed by atoms with van der Waals surface area (Å²) < 4.78 is 1.71. The summed E-state index contributed by atoms with van der Waals surface area (Å²) in [6.07, 6.45) is 0.356. The van der Waals surface area contributed by atoms with Crippen LogP contribution >= 0.6 is 31.9 Å². The summed E-state index contributed by atoms with van der Waals surface area (Å²) in [4.78, 5) is 13.8. The monoisotopic (exact) mass is 358 g/mol. The maximum atomic E-state index is 12.2. The van der Waals surface area contributed by atoms with Crippen LogP contribution in [0.5, 0.6) is 0 Å². The molecule has 0 spiro atoms. The lowest BCUT2D eigenvalue weighted by atomic mass is 10.2. The van der Waals surface area contributed by atoms with Crippen LogP contribution in [-0.4, -0.2) is 23.9 Å². The molecule has 0 heterocycles. The molecule has 0 aromatic heterocycles. The molecule has 0 bridgehead atoms. The number of amides is 1. The normalized spacial score (nSPS) is 9.76. The first-order chi connectivity index (χ1) is 8.08. The fourth-order valence-electron chi connectivity index (χ4n) is 1.45. The summed E-state index contributed by atoms with van der Waals surface area (Å²) in [6, 6.07) is 7.49. The maximum absolute atomic E-state index is 12.2. The Morgan fingerprint density at radius 1 is 1.35 bits per heavy atom. The molecule has 0 aliphatic heterocycles. The smallest absolute Gasteiger partial charge is 0.253 e. The molecular formula is C12H12Br2N2O. The Bertz CT molecular complexity index is 434. The minimum Gasteiger partial charge on any atom is -0.338 e. The van der Waals surface area contributed by atoms with E-state index in [2.05, 4.69) is 31.9 Å². The van der Waals surface area contributed by atoms with Gasteiger partial charge in [-0.25, -0.2) is 0 Å². The lowest BCUT2D eigenvalue weighted by Crippen LogP contribution is -2.31. The second kappa shape index (κ2) is 6.77. The molecule has 5 heteroatoms. The van der Waals surface area contributed by atoms with Gasteiger partial charge in [0.05, 0.1) is 12.5 Å². The highest BCUT2D eigenvalue weighted by Crippen LogP contribution is 2.21. The van der Waals surface area contributed by atoms with Crippen molar-refractivity contribution >= 4 is 37.8 Å². The fraction of sp³-hybridized carbons (Fsp3) is 0.333. The summed E-state index contributed by atoms with van der Waals surface area (Å²) in [5, 5.41) is 8.55. The highest BCUT2D eigenvalue weighted by Gasteiger charge is 2.14. The Kier molecular flexibility index (Phi) is 5.66. The zero-order valence-corrected chi connectivity index (χ0v) is 12.6. The van der Waals surface area contributed by atoms with Crippen LogP contribution in [-0.2, 0) is 0 Å². The lowest BCUT2D eigenvalue weighted by Gasteiger charge is -2.19. The third-order valence-electron chi connectivity index (χ3n) is 2.27. The number of carbonyl (C=O) groups is 1. The first-order valence-corrected chi connectivity index (χ1v) is 6.79. The van der Waals surface area contributed by atoms with Crippen LogP contribution in [0.3, 0.4) is 0 Å². The summed E-state index contributed by atoms with van der Waals surface area (Å²) in [5.74, 6) is -0.0512. The molecule has 0 fully saturated rings. The molecule has 1 aromatic rings. The standard InChI is InChI=1S/C12H12Br2N2O/c1-2-16(5-3-4-15)12(17)9-6-10(13)8-11(14)7-9/h6-8H,2-3,5H2,1H3. The Labute approximate surface area is 118 Å². The molecule has 0 N–H and O–H groups in total. The van der Waals surface area contributed by atoms with Gasteiger partial charge in [-0.05, 0) is 25.1 Å². The number of hydrogen-bond acceptors (Lipinski definition) is 2. The maximum Gasteiger partial charge on any atom is 0.253 e. The lowest BCUT2D eigenvalue weighted by molar-refractivity contribution is 0.0767. The minimum absolute atomic E-state index is 0.0512. The molecule has 0 atom stereocenters. The average Bonchev–Trinajstić information content (AvgIpc) is 2.28. The number of rotatable bonds is 4. The van der Waals surface area contributed by atoms with Gasteiger partial charge in [-0.2, -0.15) is 5.26 Å². The van der Waals surface area contributed by atoms with Gasteiger partial charge in [0.15, 0.2) is 0 Å². The van der Waals surface area contributed by atoms with Gasteiger partial charge in [-0.1, -0.05) is 31.9 Å². The van der Waals surface area contributed by atoms with E-state index in [4.69, 9.17) is 5.26 Å². The summed E-state index contributed by atoms with van der Waals surface area (Å²) in [5.41, 5.74) is 0.617. The van der Waals surface area contributed by atoms with E-state index in [0.717, 1.165) is 8.95 Å². The molecule has 3 nitrogen and oxygen atoms in total.